The third-order valence-electron chi connectivity index (χ3n) is 3.18. The molecular formula is C14H31N3O. The third kappa shape index (κ3) is 9.42. The largest absolute Gasteiger partial charge is 0.355 e. The topological polar surface area (TPSA) is 58.4 Å². The first-order valence-electron chi connectivity index (χ1n) is 7.06. The van der Waals surface area contributed by atoms with E-state index in [0.29, 0.717) is 6.54 Å². The first-order chi connectivity index (χ1) is 8.41. The van der Waals surface area contributed by atoms with Crippen LogP contribution in [0.1, 0.15) is 46.5 Å². The Morgan fingerprint density at radius 1 is 1.33 bits per heavy atom. The highest BCUT2D eigenvalue weighted by molar-refractivity contribution is 5.77. The minimum absolute atomic E-state index is 0.127. The molecule has 0 spiro atoms. The summed E-state index contributed by atoms with van der Waals surface area (Å²) in [5, 5.41) is 2.89. The van der Waals surface area contributed by atoms with E-state index >= 15 is 0 Å². The molecule has 0 aromatic rings. The number of hydrogen-bond donors (Lipinski definition) is 2. The van der Waals surface area contributed by atoms with E-state index in [0.717, 1.165) is 38.9 Å². The standard InChI is InChI=1S/C14H31N3O/c1-5-9-16-13(18)11-17(4)10-7-6-8-14(2,3)12-15/h5-12,15H2,1-4H3,(H,16,18). The van der Waals surface area contributed by atoms with Gasteiger partial charge in [-0.25, -0.2) is 0 Å². The third-order valence-corrected chi connectivity index (χ3v) is 3.18. The van der Waals surface area contributed by atoms with Crippen LogP contribution in [0.3, 0.4) is 0 Å². The number of carbonyl (C=O) groups excluding carboxylic acids is 1. The summed E-state index contributed by atoms with van der Waals surface area (Å²) < 4.78 is 0. The Morgan fingerprint density at radius 2 is 2.00 bits per heavy atom. The first kappa shape index (κ1) is 17.4. The van der Waals surface area contributed by atoms with Crippen molar-refractivity contribution in [3.05, 3.63) is 0 Å². The number of rotatable bonds is 10. The molecule has 0 aromatic carbocycles. The number of unbranched alkanes of at least 4 members (excludes halogenated alkanes) is 1. The maximum absolute atomic E-state index is 11.5. The summed E-state index contributed by atoms with van der Waals surface area (Å²) in [4.78, 5) is 13.6. The number of nitrogens with two attached hydrogens (primary N) is 1. The van der Waals surface area contributed by atoms with Crippen LogP contribution in [-0.2, 0) is 4.79 Å². The molecule has 0 aromatic heterocycles. The van der Waals surface area contributed by atoms with Crippen LogP contribution in [0, 0.1) is 5.41 Å². The highest BCUT2D eigenvalue weighted by Crippen LogP contribution is 2.21. The van der Waals surface area contributed by atoms with Crippen LogP contribution in [0.15, 0.2) is 0 Å². The Bertz CT molecular complexity index is 229. The monoisotopic (exact) mass is 257 g/mol. The summed E-state index contributed by atoms with van der Waals surface area (Å²) in [7, 11) is 2.00. The molecule has 0 radical (unpaired) electrons. The number of nitrogens with zero attached hydrogens (tertiary/aromatic N) is 1. The predicted octanol–water partition coefficient (Wildman–Crippen LogP) is 1.60. The highest BCUT2D eigenvalue weighted by atomic mass is 16.1. The van der Waals surface area contributed by atoms with E-state index in [2.05, 4.69) is 31.0 Å². The molecule has 0 saturated heterocycles. The Hall–Kier alpha value is -0.610. The van der Waals surface area contributed by atoms with Gasteiger partial charge in [0.15, 0.2) is 0 Å². The lowest BCUT2D eigenvalue weighted by Gasteiger charge is -2.23. The van der Waals surface area contributed by atoms with Crippen molar-refractivity contribution in [3.8, 4) is 0 Å². The van der Waals surface area contributed by atoms with Gasteiger partial charge in [0.05, 0.1) is 6.54 Å². The van der Waals surface area contributed by atoms with Gasteiger partial charge in [0.25, 0.3) is 0 Å². The summed E-state index contributed by atoms with van der Waals surface area (Å²) in [5.74, 6) is 0.127. The van der Waals surface area contributed by atoms with Crippen molar-refractivity contribution in [1.82, 2.24) is 10.2 Å². The lowest BCUT2D eigenvalue weighted by molar-refractivity contribution is -0.121. The summed E-state index contributed by atoms with van der Waals surface area (Å²) in [6.45, 7) is 9.45. The molecule has 4 nitrogen and oxygen atoms in total. The van der Waals surface area contributed by atoms with Crippen LogP contribution in [0.5, 0.6) is 0 Å². The van der Waals surface area contributed by atoms with Gasteiger partial charge >= 0.3 is 0 Å². The molecule has 108 valence electrons. The zero-order valence-electron chi connectivity index (χ0n) is 12.6. The Morgan fingerprint density at radius 3 is 2.56 bits per heavy atom. The number of hydrogen-bond acceptors (Lipinski definition) is 3. The molecule has 3 N–H and O–H groups in total. The van der Waals surface area contributed by atoms with E-state index in [9.17, 15) is 4.79 Å². The number of likely N-dealkylation sites (N-methyl/N-ethyl adjacent to an activating group) is 1. The lowest BCUT2D eigenvalue weighted by Crippen LogP contribution is -2.36. The van der Waals surface area contributed by atoms with Crippen molar-refractivity contribution in [3.63, 3.8) is 0 Å². The van der Waals surface area contributed by atoms with Crippen molar-refractivity contribution in [2.75, 3.05) is 33.2 Å². The molecular weight excluding hydrogens is 226 g/mol. The normalized spacial score (nSPS) is 11.9. The molecule has 0 heterocycles. The van der Waals surface area contributed by atoms with E-state index in [1.54, 1.807) is 0 Å². The second kappa shape index (κ2) is 9.34. The van der Waals surface area contributed by atoms with Gasteiger partial charge in [0.2, 0.25) is 5.91 Å². The van der Waals surface area contributed by atoms with Gasteiger partial charge < -0.3 is 11.1 Å². The molecule has 0 unspecified atom stereocenters. The fraction of sp³-hybridized carbons (Fsp3) is 0.929. The maximum Gasteiger partial charge on any atom is 0.234 e. The van der Waals surface area contributed by atoms with Crippen LogP contribution in [0.2, 0.25) is 0 Å². The van der Waals surface area contributed by atoms with Crippen molar-refractivity contribution >= 4 is 5.91 Å². The van der Waals surface area contributed by atoms with E-state index in [-0.39, 0.29) is 11.3 Å². The fourth-order valence-corrected chi connectivity index (χ4v) is 1.73. The second-order valence-corrected chi connectivity index (χ2v) is 5.91. The number of carbonyl (C=O) groups is 1. The summed E-state index contributed by atoms with van der Waals surface area (Å²) in [5.41, 5.74) is 5.94. The van der Waals surface area contributed by atoms with Gasteiger partial charge in [-0.15, -0.1) is 0 Å². The molecule has 0 saturated carbocycles. The molecule has 0 rings (SSSR count). The van der Waals surface area contributed by atoms with Gasteiger partial charge in [-0.3, -0.25) is 9.69 Å². The van der Waals surface area contributed by atoms with E-state index in [1.807, 2.05) is 7.05 Å². The molecule has 4 heteroatoms. The van der Waals surface area contributed by atoms with Crippen LogP contribution in [0.25, 0.3) is 0 Å². The molecule has 0 aliphatic heterocycles. The van der Waals surface area contributed by atoms with Gasteiger partial charge in [0, 0.05) is 6.54 Å². The molecule has 0 bridgehead atoms. The van der Waals surface area contributed by atoms with E-state index in [1.165, 1.54) is 6.42 Å². The minimum atomic E-state index is 0.127. The average Bonchev–Trinajstić information content (AvgIpc) is 2.32. The second-order valence-electron chi connectivity index (χ2n) is 5.91. The predicted molar refractivity (Wildman–Crippen MR) is 77.5 cm³/mol. The van der Waals surface area contributed by atoms with Gasteiger partial charge in [-0.2, -0.15) is 0 Å². The Labute approximate surface area is 112 Å². The molecule has 0 aliphatic rings. The molecule has 1 amide bonds. The SMILES string of the molecule is CCCNC(=O)CN(C)CCCCC(C)(C)CN. The first-order valence-corrected chi connectivity index (χ1v) is 7.06. The zero-order chi connectivity index (χ0) is 14.0. The van der Waals surface area contributed by atoms with Crippen molar-refractivity contribution in [1.29, 1.82) is 0 Å². The summed E-state index contributed by atoms with van der Waals surface area (Å²) in [6, 6.07) is 0. The Kier molecular flexibility index (Phi) is 9.02. The molecule has 18 heavy (non-hydrogen) atoms. The van der Waals surface area contributed by atoms with Crippen LogP contribution < -0.4 is 11.1 Å². The van der Waals surface area contributed by atoms with Gasteiger partial charge in [0.1, 0.15) is 0 Å². The van der Waals surface area contributed by atoms with Crippen molar-refractivity contribution in [2.24, 2.45) is 11.1 Å². The zero-order valence-corrected chi connectivity index (χ0v) is 12.6. The van der Waals surface area contributed by atoms with Crippen LogP contribution in [-0.4, -0.2) is 44.0 Å². The number of nitrogens with one attached hydrogen (secondary N) is 1. The average molecular weight is 257 g/mol. The Balaban J connectivity index is 3.59. The van der Waals surface area contributed by atoms with Crippen LogP contribution >= 0.6 is 0 Å². The van der Waals surface area contributed by atoms with E-state index < -0.39 is 0 Å². The highest BCUT2D eigenvalue weighted by Gasteiger charge is 2.14. The van der Waals surface area contributed by atoms with Gasteiger partial charge in [-0.05, 0) is 44.8 Å². The fourth-order valence-electron chi connectivity index (χ4n) is 1.73. The van der Waals surface area contributed by atoms with E-state index in [4.69, 9.17) is 5.73 Å². The maximum atomic E-state index is 11.5. The minimum Gasteiger partial charge on any atom is -0.355 e. The van der Waals surface area contributed by atoms with Crippen molar-refractivity contribution < 1.29 is 4.79 Å². The summed E-state index contributed by atoms with van der Waals surface area (Å²) >= 11 is 0. The van der Waals surface area contributed by atoms with Gasteiger partial charge in [-0.1, -0.05) is 27.2 Å². The molecule has 0 aliphatic carbocycles. The number of amides is 1. The lowest BCUT2D eigenvalue weighted by atomic mass is 9.87. The van der Waals surface area contributed by atoms with Crippen LogP contribution in [0.4, 0.5) is 0 Å². The smallest absolute Gasteiger partial charge is 0.234 e. The molecule has 0 atom stereocenters. The molecule has 0 fully saturated rings. The summed E-state index contributed by atoms with van der Waals surface area (Å²) in [6.07, 6.45) is 4.44. The quantitative estimate of drug-likeness (QED) is 0.584. The van der Waals surface area contributed by atoms with Crippen molar-refractivity contribution in [2.45, 2.75) is 46.5 Å².